The summed E-state index contributed by atoms with van der Waals surface area (Å²) in [7, 11) is 0. The summed E-state index contributed by atoms with van der Waals surface area (Å²) in [5.41, 5.74) is 1.15. The van der Waals surface area contributed by atoms with Gasteiger partial charge in [-0.1, -0.05) is 0 Å². The SMILES string of the molecule is Cc1ccc(-c2nc3ncc(C(=O)O)cc3[nH]2)o1. The predicted octanol–water partition coefficient (Wildman–Crippen LogP) is 2.22. The van der Waals surface area contributed by atoms with Gasteiger partial charge in [0.15, 0.2) is 17.2 Å². The van der Waals surface area contributed by atoms with Crippen LogP contribution in [-0.4, -0.2) is 26.0 Å². The lowest BCUT2D eigenvalue weighted by Gasteiger charge is -1.91. The molecule has 0 spiro atoms. The Bertz CT molecular complexity index is 742. The Morgan fingerprint density at radius 1 is 1.44 bits per heavy atom. The maximum Gasteiger partial charge on any atom is 0.337 e. The highest BCUT2D eigenvalue weighted by Crippen LogP contribution is 2.21. The fourth-order valence-electron chi connectivity index (χ4n) is 1.70. The van der Waals surface area contributed by atoms with Gasteiger partial charge in [0.1, 0.15) is 5.76 Å². The first-order valence-corrected chi connectivity index (χ1v) is 5.29. The van der Waals surface area contributed by atoms with Crippen molar-refractivity contribution in [1.29, 1.82) is 0 Å². The Labute approximate surface area is 101 Å². The number of pyridine rings is 1. The van der Waals surface area contributed by atoms with E-state index >= 15 is 0 Å². The zero-order valence-electron chi connectivity index (χ0n) is 9.47. The molecule has 0 aliphatic rings. The van der Waals surface area contributed by atoms with Crippen LogP contribution in [0.4, 0.5) is 0 Å². The lowest BCUT2D eigenvalue weighted by Crippen LogP contribution is -1.96. The highest BCUT2D eigenvalue weighted by molar-refractivity contribution is 5.91. The van der Waals surface area contributed by atoms with Gasteiger partial charge in [0, 0.05) is 6.20 Å². The van der Waals surface area contributed by atoms with Crippen molar-refractivity contribution in [3.8, 4) is 11.6 Å². The maximum absolute atomic E-state index is 10.8. The molecule has 3 rings (SSSR count). The molecule has 3 aromatic rings. The minimum atomic E-state index is -1.02. The normalized spacial score (nSPS) is 10.9. The van der Waals surface area contributed by atoms with Gasteiger partial charge in [-0.3, -0.25) is 0 Å². The number of H-pyrrole nitrogens is 1. The summed E-state index contributed by atoms with van der Waals surface area (Å²) < 4.78 is 5.44. The number of aryl methyl sites for hydroxylation is 1. The van der Waals surface area contributed by atoms with Crippen molar-refractivity contribution >= 4 is 17.1 Å². The first kappa shape index (κ1) is 10.5. The van der Waals surface area contributed by atoms with E-state index in [0.29, 0.717) is 22.7 Å². The summed E-state index contributed by atoms with van der Waals surface area (Å²) in [5, 5.41) is 8.88. The van der Waals surface area contributed by atoms with Crippen LogP contribution in [0.1, 0.15) is 16.1 Å². The van der Waals surface area contributed by atoms with Crippen molar-refractivity contribution in [2.75, 3.05) is 0 Å². The molecule has 0 radical (unpaired) electrons. The smallest absolute Gasteiger partial charge is 0.337 e. The zero-order chi connectivity index (χ0) is 12.7. The van der Waals surface area contributed by atoms with E-state index in [0.717, 1.165) is 5.76 Å². The van der Waals surface area contributed by atoms with Crippen LogP contribution in [-0.2, 0) is 0 Å². The predicted molar refractivity (Wildman–Crippen MR) is 63.3 cm³/mol. The van der Waals surface area contributed by atoms with E-state index in [1.807, 2.05) is 13.0 Å². The fraction of sp³-hybridized carbons (Fsp3) is 0.0833. The lowest BCUT2D eigenvalue weighted by molar-refractivity contribution is 0.0696. The average Bonchev–Trinajstić information content (AvgIpc) is 2.93. The van der Waals surface area contributed by atoms with Gasteiger partial charge in [-0.15, -0.1) is 0 Å². The first-order chi connectivity index (χ1) is 8.63. The summed E-state index contributed by atoms with van der Waals surface area (Å²) >= 11 is 0. The number of rotatable bonds is 2. The highest BCUT2D eigenvalue weighted by atomic mass is 16.4. The molecule has 0 unspecified atom stereocenters. The molecular weight excluding hydrogens is 234 g/mol. The molecule has 0 aromatic carbocycles. The van der Waals surface area contributed by atoms with Crippen LogP contribution >= 0.6 is 0 Å². The summed E-state index contributed by atoms with van der Waals surface area (Å²) in [5.74, 6) is 0.898. The molecule has 3 aromatic heterocycles. The molecule has 0 aliphatic heterocycles. The van der Waals surface area contributed by atoms with Gasteiger partial charge in [0.2, 0.25) is 0 Å². The Kier molecular flexibility index (Phi) is 2.16. The number of hydrogen-bond donors (Lipinski definition) is 2. The van der Waals surface area contributed by atoms with Crippen LogP contribution < -0.4 is 0 Å². The molecule has 18 heavy (non-hydrogen) atoms. The van der Waals surface area contributed by atoms with E-state index < -0.39 is 5.97 Å². The number of carbonyl (C=O) groups is 1. The lowest BCUT2D eigenvalue weighted by atomic mass is 10.3. The number of aromatic carboxylic acids is 1. The van der Waals surface area contributed by atoms with Gasteiger partial charge in [0.05, 0.1) is 11.1 Å². The number of aromatic nitrogens is 3. The summed E-state index contributed by atoms with van der Waals surface area (Å²) in [6, 6.07) is 5.13. The Hall–Kier alpha value is -2.63. The largest absolute Gasteiger partial charge is 0.478 e. The third kappa shape index (κ3) is 1.64. The molecule has 0 saturated heterocycles. The molecule has 3 heterocycles. The first-order valence-electron chi connectivity index (χ1n) is 5.29. The number of hydrogen-bond acceptors (Lipinski definition) is 4. The van der Waals surface area contributed by atoms with E-state index in [4.69, 9.17) is 9.52 Å². The van der Waals surface area contributed by atoms with E-state index in [1.165, 1.54) is 12.3 Å². The van der Waals surface area contributed by atoms with Crippen molar-refractivity contribution in [1.82, 2.24) is 15.0 Å². The number of fused-ring (bicyclic) bond motifs is 1. The second-order valence-corrected chi connectivity index (χ2v) is 3.90. The Morgan fingerprint density at radius 2 is 2.28 bits per heavy atom. The minimum Gasteiger partial charge on any atom is -0.478 e. The molecule has 2 N–H and O–H groups in total. The quantitative estimate of drug-likeness (QED) is 0.720. The van der Waals surface area contributed by atoms with Crippen LogP contribution in [0.5, 0.6) is 0 Å². The molecule has 0 aliphatic carbocycles. The maximum atomic E-state index is 10.8. The van der Waals surface area contributed by atoms with Gasteiger partial charge in [-0.05, 0) is 25.1 Å². The van der Waals surface area contributed by atoms with Crippen molar-refractivity contribution in [3.63, 3.8) is 0 Å². The van der Waals surface area contributed by atoms with E-state index in [1.54, 1.807) is 6.07 Å². The Balaban J connectivity index is 2.13. The van der Waals surface area contributed by atoms with Crippen molar-refractivity contribution in [2.45, 2.75) is 6.92 Å². The van der Waals surface area contributed by atoms with Gasteiger partial charge in [0.25, 0.3) is 0 Å². The topological polar surface area (TPSA) is 92.0 Å². The molecule has 0 atom stereocenters. The van der Waals surface area contributed by atoms with Crippen LogP contribution in [0.2, 0.25) is 0 Å². The van der Waals surface area contributed by atoms with Gasteiger partial charge < -0.3 is 14.5 Å². The van der Waals surface area contributed by atoms with E-state index in [-0.39, 0.29) is 5.56 Å². The van der Waals surface area contributed by atoms with Gasteiger partial charge >= 0.3 is 5.97 Å². The fourth-order valence-corrected chi connectivity index (χ4v) is 1.70. The Morgan fingerprint density at radius 3 is 2.94 bits per heavy atom. The zero-order valence-corrected chi connectivity index (χ0v) is 9.47. The molecule has 90 valence electrons. The van der Waals surface area contributed by atoms with E-state index in [2.05, 4.69) is 15.0 Å². The van der Waals surface area contributed by atoms with Crippen molar-refractivity contribution < 1.29 is 14.3 Å². The van der Waals surface area contributed by atoms with Crippen LogP contribution in [0.3, 0.4) is 0 Å². The number of carboxylic acid groups (broad SMARTS) is 1. The van der Waals surface area contributed by atoms with Crippen LogP contribution in [0, 0.1) is 6.92 Å². The van der Waals surface area contributed by atoms with Crippen LogP contribution in [0.15, 0.2) is 28.8 Å². The number of furan rings is 1. The number of aromatic amines is 1. The standard InChI is InChI=1S/C12H9N3O3/c1-6-2-3-9(18-6)11-14-8-4-7(12(16)17)5-13-10(8)15-11/h2-5H,1H3,(H,16,17)(H,13,14,15). The molecule has 0 amide bonds. The molecule has 6 heteroatoms. The highest BCUT2D eigenvalue weighted by Gasteiger charge is 2.11. The van der Waals surface area contributed by atoms with Crippen LogP contribution in [0.25, 0.3) is 22.7 Å². The average molecular weight is 243 g/mol. The van der Waals surface area contributed by atoms with Gasteiger partial charge in [-0.25, -0.2) is 14.8 Å². The summed E-state index contributed by atoms with van der Waals surface area (Å²) in [6.07, 6.45) is 1.28. The monoisotopic (exact) mass is 243 g/mol. The summed E-state index contributed by atoms with van der Waals surface area (Å²) in [6.45, 7) is 1.84. The second-order valence-electron chi connectivity index (χ2n) is 3.90. The third-order valence-electron chi connectivity index (χ3n) is 2.56. The number of nitrogens with one attached hydrogen (secondary N) is 1. The van der Waals surface area contributed by atoms with Gasteiger partial charge in [-0.2, -0.15) is 0 Å². The van der Waals surface area contributed by atoms with E-state index in [9.17, 15) is 4.79 Å². The number of nitrogens with zero attached hydrogens (tertiary/aromatic N) is 2. The molecule has 6 nitrogen and oxygen atoms in total. The van der Waals surface area contributed by atoms with Crippen molar-refractivity contribution in [2.24, 2.45) is 0 Å². The number of imidazole rings is 1. The third-order valence-corrected chi connectivity index (χ3v) is 2.56. The minimum absolute atomic E-state index is 0.119. The molecular formula is C12H9N3O3. The molecule has 0 saturated carbocycles. The van der Waals surface area contributed by atoms with Crippen molar-refractivity contribution in [3.05, 3.63) is 35.7 Å². The molecule has 0 bridgehead atoms. The summed E-state index contributed by atoms with van der Waals surface area (Å²) in [4.78, 5) is 22.1. The molecule has 0 fully saturated rings. The second kappa shape index (κ2) is 3.69. The number of carboxylic acids is 1.